The fraction of sp³-hybridized carbons (Fsp3) is 0.615. The van der Waals surface area contributed by atoms with E-state index in [2.05, 4.69) is 17.2 Å². The summed E-state index contributed by atoms with van der Waals surface area (Å²) in [6.45, 7) is 3.84. The third-order valence-corrected chi connectivity index (χ3v) is 2.59. The van der Waals surface area contributed by atoms with Crippen molar-refractivity contribution in [3.05, 3.63) is 30.1 Å². The Morgan fingerprint density at radius 3 is 2.88 bits per heavy atom. The smallest absolute Gasteiger partial charge is 0.0573 e. The minimum Gasteiger partial charge on any atom is -0.381 e. The number of nitrogens with one attached hydrogen (secondary N) is 1. The molecule has 0 radical (unpaired) electrons. The van der Waals surface area contributed by atoms with E-state index in [-0.39, 0.29) is 0 Å². The van der Waals surface area contributed by atoms with Crippen molar-refractivity contribution in [3.63, 3.8) is 0 Å². The lowest BCUT2D eigenvalue weighted by Crippen LogP contribution is -2.19. The molecule has 0 saturated carbocycles. The minimum absolute atomic E-state index is 0.294. The molecule has 0 saturated heterocycles. The van der Waals surface area contributed by atoms with Gasteiger partial charge in [0.1, 0.15) is 0 Å². The van der Waals surface area contributed by atoms with Gasteiger partial charge < -0.3 is 10.1 Å². The number of ether oxygens (including phenoxy) is 1. The normalized spacial score (nSPS) is 12.6. The first-order chi connectivity index (χ1) is 7.88. The summed E-state index contributed by atoms with van der Waals surface area (Å²) < 4.78 is 5.56. The molecule has 1 rings (SSSR count). The molecule has 0 fully saturated rings. The van der Waals surface area contributed by atoms with Crippen molar-refractivity contribution in [1.29, 1.82) is 0 Å². The second-order valence-electron chi connectivity index (χ2n) is 3.85. The molecule has 1 unspecified atom stereocenters. The average Bonchev–Trinajstić information content (AvgIpc) is 2.35. The number of pyridine rings is 1. The molecule has 1 N–H and O–H groups in total. The Kier molecular flexibility index (Phi) is 6.77. The van der Waals surface area contributed by atoms with Crippen molar-refractivity contribution in [2.75, 3.05) is 20.3 Å². The van der Waals surface area contributed by atoms with Crippen LogP contribution in [0.15, 0.2) is 24.4 Å². The van der Waals surface area contributed by atoms with E-state index in [1.54, 1.807) is 0 Å². The molecule has 1 heterocycles. The molecular weight excluding hydrogens is 200 g/mol. The molecule has 3 nitrogen and oxygen atoms in total. The third-order valence-electron chi connectivity index (χ3n) is 2.59. The SMILES string of the molecule is CCCCOCCC(NC)c1ccccn1. The standard InChI is InChI=1S/C13H22N2O/c1-3-4-10-16-11-8-12(14-2)13-7-5-6-9-15-13/h5-7,9,12,14H,3-4,8,10-11H2,1-2H3. The molecule has 0 aromatic carbocycles. The fourth-order valence-corrected chi connectivity index (χ4v) is 1.57. The van der Waals surface area contributed by atoms with Crippen molar-refractivity contribution in [3.8, 4) is 0 Å². The van der Waals surface area contributed by atoms with E-state index < -0.39 is 0 Å². The van der Waals surface area contributed by atoms with Gasteiger partial charge in [-0.05, 0) is 32.0 Å². The molecule has 0 aliphatic heterocycles. The van der Waals surface area contributed by atoms with Gasteiger partial charge in [0, 0.05) is 19.4 Å². The third kappa shape index (κ3) is 4.73. The number of aromatic nitrogens is 1. The molecule has 0 amide bonds. The molecule has 0 spiro atoms. The van der Waals surface area contributed by atoms with Gasteiger partial charge in [0.15, 0.2) is 0 Å². The molecule has 3 heteroatoms. The number of rotatable bonds is 8. The first-order valence-corrected chi connectivity index (χ1v) is 6.04. The molecule has 1 atom stereocenters. The molecule has 1 aromatic heterocycles. The summed E-state index contributed by atoms with van der Waals surface area (Å²) >= 11 is 0. The lowest BCUT2D eigenvalue weighted by Gasteiger charge is -2.15. The largest absolute Gasteiger partial charge is 0.381 e. The lowest BCUT2D eigenvalue weighted by atomic mass is 10.1. The van der Waals surface area contributed by atoms with Gasteiger partial charge in [-0.1, -0.05) is 19.4 Å². The summed E-state index contributed by atoms with van der Waals surface area (Å²) in [6.07, 6.45) is 5.14. The number of hydrogen-bond donors (Lipinski definition) is 1. The van der Waals surface area contributed by atoms with Crippen LogP contribution in [0.5, 0.6) is 0 Å². The maximum atomic E-state index is 5.56. The molecule has 16 heavy (non-hydrogen) atoms. The zero-order valence-corrected chi connectivity index (χ0v) is 10.3. The highest BCUT2D eigenvalue weighted by Crippen LogP contribution is 2.12. The van der Waals surface area contributed by atoms with Crippen LogP contribution < -0.4 is 5.32 Å². The van der Waals surface area contributed by atoms with Gasteiger partial charge in [0.2, 0.25) is 0 Å². The topological polar surface area (TPSA) is 34.1 Å². The molecule has 0 bridgehead atoms. The maximum Gasteiger partial charge on any atom is 0.0573 e. The van der Waals surface area contributed by atoms with Gasteiger partial charge in [0.05, 0.1) is 11.7 Å². The van der Waals surface area contributed by atoms with Gasteiger partial charge in [-0.3, -0.25) is 4.98 Å². The zero-order valence-electron chi connectivity index (χ0n) is 10.3. The summed E-state index contributed by atoms with van der Waals surface area (Å²) in [5, 5.41) is 3.27. The van der Waals surface area contributed by atoms with Crippen LogP contribution in [0, 0.1) is 0 Å². The van der Waals surface area contributed by atoms with Gasteiger partial charge in [-0.25, -0.2) is 0 Å². The number of hydrogen-bond acceptors (Lipinski definition) is 3. The van der Waals surface area contributed by atoms with Crippen molar-refractivity contribution >= 4 is 0 Å². The Morgan fingerprint density at radius 2 is 2.25 bits per heavy atom. The second kappa shape index (κ2) is 8.25. The van der Waals surface area contributed by atoms with E-state index >= 15 is 0 Å². The number of unbranched alkanes of at least 4 members (excludes halogenated alkanes) is 1. The molecule has 0 aliphatic carbocycles. The van der Waals surface area contributed by atoms with Crippen LogP contribution in [0.1, 0.15) is 37.9 Å². The predicted molar refractivity (Wildman–Crippen MR) is 66.4 cm³/mol. The van der Waals surface area contributed by atoms with E-state index in [9.17, 15) is 0 Å². The van der Waals surface area contributed by atoms with Crippen LogP contribution in [0.4, 0.5) is 0 Å². The zero-order chi connectivity index (χ0) is 11.6. The average molecular weight is 222 g/mol. The van der Waals surface area contributed by atoms with Gasteiger partial charge in [-0.15, -0.1) is 0 Å². The minimum atomic E-state index is 0.294. The fourth-order valence-electron chi connectivity index (χ4n) is 1.57. The first kappa shape index (κ1) is 13.1. The lowest BCUT2D eigenvalue weighted by molar-refractivity contribution is 0.121. The van der Waals surface area contributed by atoms with E-state index in [4.69, 9.17) is 4.74 Å². The van der Waals surface area contributed by atoms with Crippen molar-refractivity contribution < 1.29 is 4.74 Å². The quantitative estimate of drug-likeness (QED) is 0.686. The van der Waals surface area contributed by atoms with E-state index in [0.717, 1.165) is 31.7 Å². The summed E-state index contributed by atoms with van der Waals surface area (Å²) in [4.78, 5) is 4.35. The summed E-state index contributed by atoms with van der Waals surface area (Å²) in [7, 11) is 1.96. The van der Waals surface area contributed by atoms with Gasteiger partial charge in [0.25, 0.3) is 0 Å². The Morgan fingerprint density at radius 1 is 1.38 bits per heavy atom. The molecule has 90 valence electrons. The van der Waals surface area contributed by atoms with Crippen LogP contribution in [-0.4, -0.2) is 25.2 Å². The maximum absolute atomic E-state index is 5.56. The Balaban J connectivity index is 2.27. The van der Waals surface area contributed by atoms with Crippen LogP contribution in [0.25, 0.3) is 0 Å². The molecule has 0 aliphatic rings. The van der Waals surface area contributed by atoms with Crippen LogP contribution in [0.3, 0.4) is 0 Å². The van der Waals surface area contributed by atoms with E-state index in [1.165, 1.54) is 6.42 Å². The Hall–Kier alpha value is -0.930. The van der Waals surface area contributed by atoms with Gasteiger partial charge in [-0.2, -0.15) is 0 Å². The first-order valence-electron chi connectivity index (χ1n) is 6.04. The van der Waals surface area contributed by atoms with Crippen LogP contribution in [0.2, 0.25) is 0 Å². The van der Waals surface area contributed by atoms with Crippen molar-refractivity contribution in [2.24, 2.45) is 0 Å². The summed E-state index contributed by atoms with van der Waals surface area (Å²) in [5.74, 6) is 0. The Labute approximate surface area is 98.2 Å². The highest BCUT2D eigenvalue weighted by molar-refractivity contribution is 5.08. The monoisotopic (exact) mass is 222 g/mol. The molecular formula is C13H22N2O. The highest BCUT2D eigenvalue weighted by atomic mass is 16.5. The summed E-state index contributed by atoms with van der Waals surface area (Å²) in [6, 6.07) is 6.30. The van der Waals surface area contributed by atoms with Crippen LogP contribution >= 0.6 is 0 Å². The highest BCUT2D eigenvalue weighted by Gasteiger charge is 2.09. The van der Waals surface area contributed by atoms with Gasteiger partial charge >= 0.3 is 0 Å². The van der Waals surface area contributed by atoms with E-state index in [1.807, 2.05) is 31.4 Å². The van der Waals surface area contributed by atoms with Crippen molar-refractivity contribution in [2.45, 2.75) is 32.2 Å². The predicted octanol–water partition coefficient (Wildman–Crippen LogP) is 2.55. The van der Waals surface area contributed by atoms with E-state index in [0.29, 0.717) is 6.04 Å². The van der Waals surface area contributed by atoms with Crippen LogP contribution in [-0.2, 0) is 4.74 Å². The second-order valence-corrected chi connectivity index (χ2v) is 3.85. The van der Waals surface area contributed by atoms with Crippen molar-refractivity contribution in [1.82, 2.24) is 10.3 Å². The number of nitrogens with zero attached hydrogens (tertiary/aromatic N) is 1. The Bertz CT molecular complexity index is 264. The molecule has 1 aromatic rings. The summed E-state index contributed by atoms with van der Waals surface area (Å²) in [5.41, 5.74) is 1.09.